The fourth-order valence-electron chi connectivity index (χ4n) is 3.57. The van der Waals surface area contributed by atoms with Crippen LogP contribution in [0.2, 0.25) is 0 Å². The number of aliphatic hydroxyl groups is 1. The molecule has 1 atom stereocenters. The van der Waals surface area contributed by atoms with Gasteiger partial charge in [-0.15, -0.1) is 0 Å². The molecule has 6 nitrogen and oxygen atoms in total. The third-order valence-electron chi connectivity index (χ3n) is 5.11. The molecule has 0 radical (unpaired) electrons. The quantitative estimate of drug-likeness (QED) is 0.626. The number of anilines is 2. The number of rotatable bonds is 5. The van der Waals surface area contributed by atoms with Gasteiger partial charge in [-0.2, -0.15) is 15.0 Å². The fourth-order valence-corrected chi connectivity index (χ4v) is 3.84. The van der Waals surface area contributed by atoms with Gasteiger partial charge in [-0.3, -0.25) is 0 Å². The van der Waals surface area contributed by atoms with Crippen molar-refractivity contribution in [2.75, 3.05) is 10.6 Å². The molecule has 0 spiro atoms. The van der Waals surface area contributed by atoms with E-state index < -0.39 is 30.0 Å². The van der Waals surface area contributed by atoms with E-state index in [1.807, 2.05) is 0 Å². The normalized spacial score (nSPS) is 30.3. The molecular formula is C17H20ClF4N5O. The van der Waals surface area contributed by atoms with Crippen LogP contribution < -0.4 is 10.6 Å². The van der Waals surface area contributed by atoms with Crippen LogP contribution in [-0.4, -0.2) is 50.1 Å². The van der Waals surface area contributed by atoms with Crippen molar-refractivity contribution < 1.29 is 24.0 Å². The third-order valence-corrected chi connectivity index (χ3v) is 5.56. The van der Waals surface area contributed by atoms with E-state index in [0.29, 0.717) is 18.4 Å². The summed E-state index contributed by atoms with van der Waals surface area (Å²) >= 11 is 6.18. The molecule has 1 aromatic heterocycles. The van der Waals surface area contributed by atoms with Crippen LogP contribution in [0.25, 0.3) is 5.57 Å². The highest BCUT2D eigenvalue weighted by atomic mass is 35.5. The number of nitrogens with zero attached hydrogens (tertiary/aromatic N) is 3. The van der Waals surface area contributed by atoms with E-state index in [9.17, 15) is 22.7 Å². The number of aromatic nitrogens is 3. The van der Waals surface area contributed by atoms with Gasteiger partial charge >= 0.3 is 0 Å². The summed E-state index contributed by atoms with van der Waals surface area (Å²) in [6.45, 7) is 0. The van der Waals surface area contributed by atoms with Gasteiger partial charge in [-0.25, -0.2) is 17.6 Å². The van der Waals surface area contributed by atoms with Gasteiger partial charge in [-0.05, 0) is 19.3 Å². The molecule has 4 rings (SSSR count). The predicted octanol–water partition coefficient (Wildman–Crippen LogP) is 3.79. The van der Waals surface area contributed by atoms with Gasteiger partial charge in [0.2, 0.25) is 11.9 Å². The van der Waals surface area contributed by atoms with E-state index in [-0.39, 0.29) is 54.9 Å². The van der Waals surface area contributed by atoms with Gasteiger partial charge in [-0.1, -0.05) is 11.6 Å². The summed E-state index contributed by atoms with van der Waals surface area (Å²) in [5.41, 5.74) is 0.349. The highest BCUT2D eigenvalue weighted by molar-refractivity contribution is 6.33. The topological polar surface area (TPSA) is 83.0 Å². The lowest BCUT2D eigenvalue weighted by atomic mass is 9.88. The average Bonchev–Trinajstić information content (AvgIpc) is 2.54. The Morgan fingerprint density at radius 3 is 1.93 bits per heavy atom. The molecule has 2 saturated carbocycles. The summed E-state index contributed by atoms with van der Waals surface area (Å²) in [6.07, 6.45) is -2.36. The van der Waals surface area contributed by atoms with Crippen LogP contribution in [0.5, 0.6) is 0 Å². The van der Waals surface area contributed by atoms with Gasteiger partial charge in [0.1, 0.15) is 0 Å². The lowest BCUT2D eigenvalue weighted by Crippen LogP contribution is -2.45. The Bertz CT molecular complexity index is 793. The van der Waals surface area contributed by atoms with Crippen LogP contribution in [0.4, 0.5) is 29.5 Å². The number of allylic oxidation sites excluding steroid dienone is 1. The Labute approximate surface area is 165 Å². The first kappa shape index (κ1) is 18.4. The molecule has 3 aliphatic rings. The second kappa shape index (κ2) is 6.98. The van der Waals surface area contributed by atoms with Gasteiger partial charge in [0.05, 0.1) is 12.5 Å². The molecule has 154 valence electrons. The molecule has 0 saturated heterocycles. The van der Waals surface area contributed by atoms with E-state index in [1.54, 1.807) is 0 Å². The number of hydrogen-bond acceptors (Lipinski definition) is 6. The summed E-state index contributed by atoms with van der Waals surface area (Å²) in [6, 6.07) is -1.05. The zero-order chi connectivity index (χ0) is 21.0. The largest absolute Gasteiger partial charge is 0.387 e. The molecule has 28 heavy (non-hydrogen) atoms. The molecule has 2 fully saturated rings. The maximum Gasteiger partial charge on any atom is 0.252 e. The van der Waals surface area contributed by atoms with Crippen molar-refractivity contribution in [3.05, 3.63) is 10.9 Å². The average molecular weight is 423 g/mol. The van der Waals surface area contributed by atoms with Crippen molar-refractivity contribution in [2.24, 2.45) is 0 Å². The van der Waals surface area contributed by atoms with Crippen molar-refractivity contribution >= 4 is 29.1 Å². The minimum Gasteiger partial charge on any atom is -0.387 e. The van der Waals surface area contributed by atoms with E-state index in [1.165, 1.54) is 0 Å². The van der Waals surface area contributed by atoms with Crippen molar-refractivity contribution in [2.45, 2.75) is 75.0 Å². The van der Waals surface area contributed by atoms with Crippen molar-refractivity contribution in [1.29, 1.82) is 0 Å². The van der Waals surface area contributed by atoms with Crippen LogP contribution >= 0.6 is 11.6 Å². The standard InChI is InChI=1S/C17H20ClF4N5O/c18-12-10(2-1-3-11(12)28)13-25-14(23-8-4-16(19,20)5-8)27-15(26-13)24-9-6-17(21,22)7-9/h8-9,11,28H,1-7H2,(H2,23,24,25,26,27)/i11D. The Kier molecular flexibility index (Phi) is 4.58. The highest BCUT2D eigenvalue weighted by Gasteiger charge is 2.46. The summed E-state index contributed by atoms with van der Waals surface area (Å²) < 4.78 is 60.4. The molecule has 3 aliphatic carbocycles. The second-order valence-corrected chi connectivity index (χ2v) is 7.99. The molecule has 0 aliphatic heterocycles. The van der Waals surface area contributed by atoms with Gasteiger partial charge < -0.3 is 15.7 Å². The third kappa shape index (κ3) is 4.17. The molecule has 1 aromatic rings. The highest BCUT2D eigenvalue weighted by Crippen LogP contribution is 2.40. The zero-order valence-electron chi connectivity index (χ0n) is 15.8. The van der Waals surface area contributed by atoms with Gasteiger partial charge in [0.15, 0.2) is 5.82 Å². The SMILES string of the molecule is [2H]C1(O)CCCC(c2nc(NC3CC(F)(F)C3)nc(NC3CC(F)(F)C3)n2)=C1Cl. The predicted molar refractivity (Wildman–Crippen MR) is 95.6 cm³/mol. The summed E-state index contributed by atoms with van der Waals surface area (Å²) in [5.74, 6) is -5.36. The van der Waals surface area contributed by atoms with Crippen LogP contribution in [0.3, 0.4) is 0 Å². The summed E-state index contributed by atoms with van der Waals surface area (Å²) in [5, 5.41) is 15.6. The Morgan fingerprint density at radius 1 is 0.964 bits per heavy atom. The van der Waals surface area contributed by atoms with E-state index in [2.05, 4.69) is 25.6 Å². The molecule has 0 aromatic carbocycles. The van der Waals surface area contributed by atoms with E-state index in [0.717, 1.165) is 0 Å². The maximum absolute atomic E-state index is 13.1. The monoisotopic (exact) mass is 422 g/mol. The Morgan fingerprint density at radius 2 is 1.46 bits per heavy atom. The first-order chi connectivity index (χ1) is 13.4. The lowest BCUT2D eigenvalue weighted by molar-refractivity contribution is -0.0799. The van der Waals surface area contributed by atoms with Crippen LogP contribution in [0.15, 0.2) is 5.03 Å². The van der Waals surface area contributed by atoms with E-state index >= 15 is 0 Å². The number of alkyl halides is 4. The number of halogens is 5. The molecule has 3 N–H and O–H groups in total. The van der Waals surface area contributed by atoms with Crippen molar-refractivity contribution in [1.82, 2.24) is 15.0 Å². The second-order valence-electron chi connectivity index (χ2n) is 7.61. The minimum atomic E-state index is -2.73. The molecule has 0 bridgehead atoms. The first-order valence-corrected chi connectivity index (χ1v) is 9.47. The Hall–Kier alpha value is -1.68. The fraction of sp³-hybridized carbons (Fsp3) is 0.706. The van der Waals surface area contributed by atoms with Crippen LogP contribution in [0.1, 0.15) is 52.1 Å². The molecule has 1 heterocycles. The molecule has 1 unspecified atom stereocenters. The summed E-state index contributed by atoms with van der Waals surface area (Å²) in [4.78, 5) is 12.6. The van der Waals surface area contributed by atoms with Gasteiger partial charge in [0, 0.05) is 43.3 Å². The zero-order valence-corrected chi connectivity index (χ0v) is 15.5. The first-order valence-electron chi connectivity index (χ1n) is 9.59. The summed E-state index contributed by atoms with van der Waals surface area (Å²) in [7, 11) is 0. The minimum absolute atomic E-state index is 0.0140. The van der Waals surface area contributed by atoms with Crippen molar-refractivity contribution in [3.63, 3.8) is 0 Å². The lowest BCUT2D eigenvalue weighted by Gasteiger charge is -2.36. The van der Waals surface area contributed by atoms with Gasteiger partial charge in [0.25, 0.3) is 11.8 Å². The van der Waals surface area contributed by atoms with Crippen LogP contribution in [0, 0.1) is 0 Å². The molecule has 11 heteroatoms. The van der Waals surface area contributed by atoms with Crippen molar-refractivity contribution in [3.8, 4) is 0 Å². The molecule has 0 amide bonds. The van der Waals surface area contributed by atoms with Crippen LogP contribution in [-0.2, 0) is 0 Å². The Balaban J connectivity index is 1.61. The molecular weight excluding hydrogens is 402 g/mol. The maximum atomic E-state index is 13.1. The number of hydrogen-bond donors (Lipinski definition) is 3. The number of nitrogens with one attached hydrogen (secondary N) is 2. The smallest absolute Gasteiger partial charge is 0.252 e. The van der Waals surface area contributed by atoms with E-state index in [4.69, 9.17) is 13.0 Å².